The van der Waals surface area contributed by atoms with Gasteiger partial charge >= 0.3 is 5.97 Å². The van der Waals surface area contributed by atoms with Crippen molar-refractivity contribution in [3.63, 3.8) is 0 Å². The maximum atomic E-state index is 13.2. The summed E-state index contributed by atoms with van der Waals surface area (Å²) in [5.41, 5.74) is 3.59. The molecule has 4 rings (SSSR count). The van der Waals surface area contributed by atoms with Gasteiger partial charge in [-0.1, -0.05) is 42.5 Å². The van der Waals surface area contributed by atoms with Gasteiger partial charge in [-0.15, -0.1) is 0 Å². The Morgan fingerprint density at radius 1 is 1.09 bits per heavy atom. The SMILES string of the molecule is CCOC(=O)[C@H](NS(=O)(=O)c1ccc2c(c1)Cc1ccccc1-2)[C@@H](O)c1cccc([N+](=O)[O-])c1. The molecule has 0 aromatic heterocycles. The minimum absolute atomic E-state index is 0.000596. The van der Waals surface area contributed by atoms with Crippen LogP contribution in [0.15, 0.2) is 71.6 Å². The van der Waals surface area contributed by atoms with Crippen molar-refractivity contribution in [1.82, 2.24) is 4.72 Å². The molecule has 0 saturated heterocycles. The Kier molecular flexibility index (Phi) is 6.47. The van der Waals surface area contributed by atoms with Crippen LogP contribution in [0.1, 0.15) is 29.7 Å². The van der Waals surface area contributed by atoms with E-state index >= 15 is 0 Å². The second kappa shape index (κ2) is 9.34. The summed E-state index contributed by atoms with van der Waals surface area (Å²) in [6.07, 6.45) is -1.14. The lowest BCUT2D eigenvalue weighted by atomic mass is 10.0. The molecule has 2 N–H and O–H groups in total. The van der Waals surface area contributed by atoms with Crippen LogP contribution in [0.3, 0.4) is 0 Å². The van der Waals surface area contributed by atoms with Gasteiger partial charge in [0.1, 0.15) is 12.1 Å². The summed E-state index contributed by atoms with van der Waals surface area (Å²) in [5.74, 6) is -1.00. The quantitative estimate of drug-likeness (QED) is 0.224. The van der Waals surface area contributed by atoms with Gasteiger partial charge in [0.15, 0.2) is 0 Å². The van der Waals surface area contributed by atoms with Crippen LogP contribution >= 0.6 is 0 Å². The van der Waals surface area contributed by atoms with Gasteiger partial charge in [-0.25, -0.2) is 8.42 Å². The number of esters is 1. The zero-order chi connectivity index (χ0) is 24.5. The topological polar surface area (TPSA) is 136 Å². The van der Waals surface area contributed by atoms with Crippen LogP contribution in [0.25, 0.3) is 11.1 Å². The highest BCUT2D eigenvalue weighted by atomic mass is 32.2. The van der Waals surface area contributed by atoms with Gasteiger partial charge in [0.05, 0.1) is 16.4 Å². The first-order valence-corrected chi connectivity index (χ1v) is 12.0. The molecule has 3 aromatic rings. The third-order valence-electron chi connectivity index (χ3n) is 5.64. The molecule has 0 bridgehead atoms. The lowest BCUT2D eigenvalue weighted by Gasteiger charge is -2.23. The van der Waals surface area contributed by atoms with E-state index in [0.29, 0.717) is 6.42 Å². The number of benzene rings is 3. The molecule has 0 radical (unpaired) electrons. The number of nitro benzene ring substituents is 1. The van der Waals surface area contributed by atoms with Crippen molar-refractivity contribution in [2.45, 2.75) is 30.4 Å². The first-order chi connectivity index (χ1) is 16.2. The van der Waals surface area contributed by atoms with Gasteiger partial charge in [-0.2, -0.15) is 4.72 Å². The third-order valence-corrected chi connectivity index (χ3v) is 7.08. The van der Waals surface area contributed by atoms with E-state index < -0.39 is 33.1 Å². The zero-order valence-corrected chi connectivity index (χ0v) is 19.0. The number of aliphatic hydroxyl groups is 1. The summed E-state index contributed by atoms with van der Waals surface area (Å²) >= 11 is 0. The van der Waals surface area contributed by atoms with Crippen molar-refractivity contribution in [1.29, 1.82) is 0 Å². The van der Waals surface area contributed by atoms with Gasteiger partial charge in [-0.3, -0.25) is 14.9 Å². The standard InChI is InChI=1S/C24H22N2O7S/c1-2-33-24(28)22(23(27)16-7-5-8-18(13-16)26(29)30)25-34(31,32)19-10-11-21-17(14-19)12-15-6-3-4-9-20(15)21/h3-11,13-14,22-23,25,27H,2,12H2,1H3/t22-,23+/m1/s1. The minimum Gasteiger partial charge on any atom is -0.465 e. The number of nitro groups is 1. The van der Waals surface area contributed by atoms with Gasteiger partial charge in [0.25, 0.3) is 5.69 Å². The average Bonchev–Trinajstić information content (AvgIpc) is 3.20. The van der Waals surface area contributed by atoms with Gasteiger partial charge in [-0.05, 0) is 53.3 Å². The van der Waals surface area contributed by atoms with Crippen molar-refractivity contribution in [3.8, 4) is 11.1 Å². The van der Waals surface area contributed by atoms with Crippen LogP contribution in [0.5, 0.6) is 0 Å². The molecule has 34 heavy (non-hydrogen) atoms. The van der Waals surface area contributed by atoms with Crippen LogP contribution in [0.4, 0.5) is 5.69 Å². The second-order valence-electron chi connectivity index (χ2n) is 7.80. The van der Waals surface area contributed by atoms with E-state index in [1.807, 2.05) is 24.3 Å². The first-order valence-electron chi connectivity index (χ1n) is 10.5. The number of nitrogens with one attached hydrogen (secondary N) is 1. The number of ether oxygens (including phenoxy) is 1. The normalized spacial score (nSPS) is 14.1. The monoisotopic (exact) mass is 482 g/mol. The van der Waals surface area contributed by atoms with E-state index in [9.17, 15) is 28.4 Å². The van der Waals surface area contributed by atoms with Crippen molar-refractivity contribution in [2.24, 2.45) is 0 Å². The average molecular weight is 483 g/mol. The Labute approximate surface area is 196 Å². The third kappa shape index (κ3) is 4.56. The lowest BCUT2D eigenvalue weighted by molar-refractivity contribution is -0.385. The molecule has 9 nitrogen and oxygen atoms in total. The number of rotatable bonds is 8. The smallest absolute Gasteiger partial charge is 0.327 e. The Balaban J connectivity index is 1.65. The number of hydrogen-bond donors (Lipinski definition) is 2. The predicted octanol–water partition coefficient (Wildman–Crippen LogP) is 3.11. The molecular formula is C24H22N2O7S. The van der Waals surface area contributed by atoms with E-state index in [4.69, 9.17) is 4.74 Å². The Morgan fingerprint density at radius 2 is 1.82 bits per heavy atom. The van der Waals surface area contributed by atoms with Crippen molar-refractivity contribution >= 4 is 21.7 Å². The molecule has 2 atom stereocenters. The summed E-state index contributed by atoms with van der Waals surface area (Å²) in [6.45, 7) is 1.50. The molecule has 176 valence electrons. The van der Waals surface area contributed by atoms with E-state index in [1.165, 1.54) is 24.3 Å². The molecule has 1 aliphatic carbocycles. The molecular weight excluding hydrogens is 460 g/mol. The zero-order valence-electron chi connectivity index (χ0n) is 18.2. The molecule has 0 heterocycles. The van der Waals surface area contributed by atoms with Crippen molar-refractivity contribution in [3.05, 3.63) is 93.5 Å². The van der Waals surface area contributed by atoms with Crippen LogP contribution in [0, 0.1) is 10.1 Å². The molecule has 0 unspecified atom stereocenters. The van der Waals surface area contributed by atoms with E-state index in [0.717, 1.165) is 28.3 Å². The maximum Gasteiger partial charge on any atom is 0.327 e. The fourth-order valence-electron chi connectivity index (χ4n) is 4.01. The fraction of sp³-hybridized carbons (Fsp3) is 0.208. The van der Waals surface area contributed by atoms with Crippen molar-refractivity contribution < 1.29 is 28.0 Å². The van der Waals surface area contributed by atoms with E-state index in [1.54, 1.807) is 19.1 Å². The molecule has 1 aliphatic rings. The van der Waals surface area contributed by atoms with Crippen LogP contribution in [-0.4, -0.2) is 37.1 Å². The molecule has 0 aliphatic heterocycles. The number of aliphatic hydroxyl groups excluding tert-OH is 1. The lowest BCUT2D eigenvalue weighted by Crippen LogP contribution is -2.45. The largest absolute Gasteiger partial charge is 0.465 e. The highest BCUT2D eigenvalue weighted by Gasteiger charge is 2.35. The molecule has 10 heteroatoms. The van der Waals surface area contributed by atoms with Gasteiger partial charge < -0.3 is 9.84 Å². The van der Waals surface area contributed by atoms with Gasteiger partial charge in [0.2, 0.25) is 10.0 Å². The van der Waals surface area contributed by atoms with Crippen LogP contribution < -0.4 is 4.72 Å². The van der Waals surface area contributed by atoms with Gasteiger partial charge in [0, 0.05) is 12.1 Å². The number of fused-ring (bicyclic) bond motifs is 3. The van der Waals surface area contributed by atoms with E-state index in [-0.39, 0.29) is 22.8 Å². The minimum atomic E-state index is -4.26. The first kappa shape index (κ1) is 23.6. The van der Waals surface area contributed by atoms with Crippen molar-refractivity contribution in [2.75, 3.05) is 6.61 Å². The molecule has 0 saturated carbocycles. The predicted molar refractivity (Wildman–Crippen MR) is 123 cm³/mol. The van der Waals surface area contributed by atoms with E-state index in [2.05, 4.69) is 4.72 Å². The number of sulfonamides is 1. The van der Waals surface area contributed by atoms with Crippen LogP contribution in [-0.2, 0) is 26.0 Å². The number of hydrogen-bond acceptors (Lipinski definition) is 7. The molecule has 3 aromatic carbocycles. The Morgan fingerprint density at radius 3 is 2.56 bits per heavy atom. The summed E-state index contributed by atoms with van der Waals surface area (Å²) < 4.78 is 33.6. The maximum absolute atomic E-state index is 13.2. The second-order valence-corrected chi connectivity index (χ2v) is 9.51. The molecule has 0 spiro atoms. The summed E-state index contributed by atoms with van der Waals surface area (Å²) in [6, 6.07) is 15.8. The molecule has 0 fully saturated rings. The highest BCUT2D eigenvalue weighted by molar-refractivity contribution is 7.89. The number of nitrogens with zero attached hydrogens (tertiary/aromatic N) is 1. The number of carbonyl (C=O) groups is 1. The van der Waals surface area contributed by atoms with Crippen LogP contribution in [0.2, 0.25) is 0 Å². The highest BCUT2D eigenvalue weighted by Crippen LogP contribution is 2.37. The number of carbonyl (C=O) groups excluding carboxylic acids is 1. The summed E-state index contributed by atoms with van der Waals surface area (Å²) in [4.78, 5) is 22.9. The summed E-state index contributed by atoms with van der Waals surface area (Å²) in [7, 11) is -4.26. The fourth-order valence-corrected chi connectivity index (χ4v) is 5.25. The number of non-ortho nitro benzene ring substituents is 1. The summed E-state index contributed by atoms with van der Waals surface area (Å²) in [5, 5.41) is 21.9. The molecule has 0 amide bonds. The Hall–Kier alpha value is -3.60. The Bertz CT molecular complexity index is 1370.